The van der Waals surface area contributed by atoms with Crippen LogP contribution in [0.3, 0.4) is 0 Å². The third-order valence-corrected chi connectivity index (χ3v) is 4.43. The van der Waals surface area contributed by atoms with E-state index in [0.717, 1.165) is 4.47 Å². The normalized spacial score (nSPS) is 10.6. The Morgan fingerprint density at radius 1 is 0.929 bits per heavy atom. The molecule has 0 aliphatic carbocycles. The van der Waals surface area contributed by atoms with E-state index < -0.39 is 11.9 Å². The zero-order valence-corrected chi connectivity index (χ0v) is 16.6. The van der Waals surface area contributed by atoms with E-state index in [1.807, 2.05) is 0 Å². The predicted octanol–water partition coefficient (Wildman–Crippen LogP) is 6.21. The van der Waals surface area contributed by atoms with Gasteiger partial charge in [-0.2, -0.15) is 0 Å². The fourth-order valence-electron chi connectivity index (χ4n) is 2.14. The summed E-state index contributed by atoms with van der Waals surface area (Å²) >= 11 is 9.26. The van der Waals surface area contributed by atoms with E-state index in [9.17, 15) is 9.59 Å². The van der Waals surface area contributed by atoms with Gasteiger partial charge in [0, 0.05) is 10.0 Å². The van der Waals surface area contributed by atoms with Crippen molar-refractivity contribution < 1.29 is 14.4 Å². The van der Waals surface area contributed by atoms with Gasteiger partial charge >= 0.3 is 5.97 Å². The Bertz CT molecular complexity index is 1020. The maximum atomic E-state index is 12.0. The summed E-state index contributed by atoms with van der Waals surface area (Å²) in [6.45, 7) is 0. The van der Waals surface area contributed by atoms with Crippen LogP contribution < -0.4 is 5.48 Å². The van der Waals surface area contributed by atoms with Crippen molar-refractivity contribution in [2.24, 2.45) is 10.2 Å². The molecule has 6 nitrogen and oxygen atoms in total. The second-order valence-corrected chi connectivity index (χ2v) is 6.85. The molecule has 28 heavy (non-hydrogen) atoms. The van der Waals surface area contributed by atoms with Crippen molar-refractivity contribution in [3.05, 3.63) is 93.4 Å². The van der Waals surface area contributed by atoms with E-state index >= 15 is 0 Å². The molecule has 0 saturated heterocycles. The third-order valence-electron chi connectivity index (χ3n) is 3.57. The first-order valence-corrected chi connectivity index (χ1v) is 9.23. The van der Waals surface area contributed by atoms with Gasteiger partial charge in [-0.15, -0.1) is 10.2 Å². The van der Waals surface area contributed by atoms with E-state index in [1.54, 1.807) is 72.8 Å². The van der Waals surface area contributed by atoms with Crippen molar-refractivity contribution in [1.29, 1.82) is 0 Å². The van der Waals surface area contributed by atoms with Gasteiger partial charge in [-0.05, 0) is 60.7 Å². The highest BCUT2D eigenvalue weighted by Gasteiger charge is 2.11. The average Bonchev–Trinajstić information content (AvgIpc) is 2.72. The highest BCUT2D eigenvalue weighted by Crippen LogP contribution is 2.19. The Morgan fingerprint density at radius 3 is 2.29 bits per heavy atom. The monoisotopic (exact) mass is 457 g/mol. The van der Waals surface area contributed by atoms with E-state index in [0.29, 0.717) is 22.0 Å². The second-order valence-electron chi connectivity index (χ2n) is 5.53. The number of hydrogen-bond donors (Lipinski definition) is 1. The summed E-state index contributed by atoms with van der Waals surface area (Å²) in [5, 5.41) is 7.92. The number of benzene rings is 3. The number of anilines is 1. The molecule has 1 N–H and O–H groups in total. The number of halogens is 2. The maximum Gasteiger partial charge on any atom is 0.364 e. The molecular formula is C20H13BrClN3O3. The summed E-state index contributed by atoms with van der Waals surface area (Å²) in [5.74, 6) is -1.04. The number of carbonyl (C=O) groups is 2. The first kappa shape index (κ1) is 19.7. The van der Waals surface area contributed by atoms with Crippen LogP contribution in [0.15, 0.2) is 87.5 Å². The molecule has 0 aromatic heterocycles. The molecule has 3 rings (SSSR count). The lowest BCUT2D eigenvalue weighted by molar-refractivity contribution is 0.0596. The average molecular weight is 459 g/mol. The van der Waals surface area contributed by atoms with Gasteiger partial charge in [-0.25, -0.2) is 10.3 Å². The van der Waals surface area contributed by atoms with E-state index in [-0.39, 0.29) is 5.56 Å². The molecule has 0 saturated carbocycles. The smallest absolute Gasteiger partial charge is 0.338 e. The number of nitrogens with one attached hydrogen (secondary N) is 1. The summed E-state index contributed by atoms with van der Waals surface area (Å²) < 4.78 is 0.874. The van der Waals surface area contributed by atoms with Crippen molar-refractivity contribution in [1.82, 2.24) is 0 Å². The fourth-order valence-corrected chi connectivity index (χ4v) is 2.61. The molecule has 0 aliphatic heterocycles. The van der Waals surface area contributed by atoms with E-state index in [2.05, 4.69) is 31.6 Å². The summed E-state index contributed by atoms with van der Waals surface area (Å²) in [6.07, 6.45) is 0. The van der Waals surface area contributed by atoms with Gasteiger partial charge in [0.2, 0.25) is 0 Å². The lowest BCUT2D eigenvalue weighted by Gasteiger charge is -2.07. The number of azo groups is 1. The molecule has 0 unspecified atom stereocenters. The van der Waals surface area contributed by atoms with Gasteiger partial charge in [-0.3, -0.25) is 4.79 Å². The van der Waals surface area contributed by atoms with Gasteiger partial charge < -0.3 is 4.84 Å². The van der Waals surface area contributed by atoms with Crippen LogP contribution in [0.2, 0.25) is 5.02 Å². The van der Waals surface area contributed by atoms with Gasteiger partial charge in [-0.1, -0.05) is 39.7 Å². The second kappa shape index (κ2) is 9.25. The van der Waals surface area contributed by atoms with Crippen molar-refractivity contribution in [2.75, 3.05) is 5.48 Å². The zero-order valence-electron chi connectivity index (χ0n) is 14.3. The lowest BCUT2D eigenvalue weighted by Crippen LogP contribution is -2.11. The highest BCUT2D eigenvalue weighted by atomic mass is 79.9. The molecule has 0 spiro atoms. The Hall–Kier alpha value is -3.03. The molecule has 0 radical (unpaired) electrons. The van der Waals surface area contributed by atoms with Crippen LogP contribution in [0.5, 0.6) is 0 Å². The van der Waals surface area contributed by atoms with E-state index in [1.165, 1.54) is 0 Å². The van der Waals surface area contributed by atoms with Crippen LogP contribution in [0.4, 0.5) is 11.4 Å². The molecule has 1 amide bonds. The van der Waals surface area contributed by atoms with Crippen LogP contribution in [0.1, 0.15) is 20.7 Å². The minimum absolute atomic E-state index is 0.258. The van der Waals surface area contributed by atoms with Crippen molar-refractivity contribution >= 4 is 50.8 Å². The SMILES string of the molecule is O=C(N=Nc1ccc(NOC(=O)c2ccccc2Cl)cc1)c1ccc(Br)cc1. The fraction of sp³-hybridized carbons (Fsp3) is 0. The minimum Gasteiger partial charge on any atom is -0.338 e. The van der Waals surface area contributed by atoms with Crippen molar-refractivity contribution in [3.63, 3.8) is 0 Å². The van der Waals surface area contributed by atoms with Gasteiger partial charge in [0.1, 0.15) is 0 Å². The molecule has 140 valence electrons. The Kier molecular flexibility index (Phi) is 6.52. The number of nitrogens with zero attached hydrogens (tertiary/aromatic N) is 2. The zero-order chi connectivity index (χ0) is 19.9. The summed E-state index contributed by atoms with van der Waals surface area (Å²) in [4.78, 5) is 29.0. The van der Waals surface area contributed by atoms with Crippen LogP contribution in [-0.4, -0.2) is 11.9 Å². The Morgan fingerprint density at radius 2 is 1.61 bits per heavy atom. The van der Waals surface area contributed by atoms with Crippen LogP contribution >= 0.6 is 27.5 Å². The highest BCUT2D eigenvalue weighted by molar-refractivity contribution is 9.10. The van der Waals surface area contributed by atoms with Crippen molar-refractivity contribution in [2.45, 2.75) is 0 Å². The Balaban J connectivity index is 1.57. The van der Waals surface area contributed by atoms with Gasteiger partial charge in [0.25, 0.3) is 5.91 Å². The molecule has 3 aromatic carbocycles. The first-order chi connectivity index (χ1) is 13.5. The van der Waals surface area contributed by atoms with Crippen LogP contribution in [0.25, 0.3) is 0 Å². The number of rotatable bonds is 5. The topological polar surface area (TPSA) is 80.1 Å². The van der Waals surface area contributed by atoms with Crippen LogP contribution in [0, 0.1) is 0 Å². The molecule has 0 fully saturated rings. The number of amides is 1. The molecule has 0 bridgehead atoms. The maximum absolute atomic E-state index is 12.0. The third kappa shape index (κ3) is 5.25. The summed E-state index contributed by atoms with van der Waals surface area (Å²) in [7, 11) is 0. The molecule has 0 atom stereocenters. The van der Waals surface area contributed by atoms with Crippen molar-refractivity contribution in [3.8, 4) is 0 Å². The quantitative estimate of drug-likeness (QED) is 0.364. The van der Waals surface area contributed by atoms with Gasteiger partial charge in [0.05, 0.1) is 22.0 Å². The summed E-state index contributed by atoms with van der Waals surface area (Å²) in [5.41, 5.74) is 4.25. The molecule has 3 aromatic rings. The first-order valence-electron chi connectivity index (χ1n) is 8.06. The number of hydrogen-bond acceptors (Lipinski definition) is 5. The standard InChI is InChI=1S/C20H13BrClN3O3/c21-14-7-5-13(6-8-14)19(26)24-23-15-9-11-16(12-10-15)25-28-20(27)17-3-1-2-4-18(17)22/h1-12,25H. The molecule has 8 heteroatoms. The minimum atomic E-state index is -0.602. The van der Waals surface area contributed by atoms with E-state index in [4.69, 9.17) is 16.4 Å². The molecule has 0 heterocycles. The largest absolute Gasteiger partial charge is 0.364 e. The molecular weight excluding hydrogens is 446 g/mol. The lowest BCUT2D eigenvalue weighted by atomic mass is 10.2. The summed E-state index contributed by atoms with van der Waals surface area (Å²) in [6, 6.07) is 20.0. The number of carbonyl (C=O) groups excluding carboxylic acids is 2. The van der Waals surface area contributed by atoms with Crippen LogP contribution in [-0.2, 0) is 4.84 Å². The Labute approximate surface area is 174 Å². The molecule has 0 aliphatic rings. The predicted molar refractivity (Wildman–Crippen MR) is 110 cm³/mol. The van der Waals surface area contributed by atoms with Gasteiger partial charge in [0.15, 0.2) is 0 Å².